The van der Waals surface area contributed by atoms with Crippen molar-refractivity contribution in [3.8, 4) is 0 Å². The zero-order chi connectivity index (χ0) is 14.5. The summed E-state index contributed by atoms with van der Waals surface area (Å²) in [5.74, 6) is 0. The SMILES string of the molecule is CCNC1c2ccccc2CCCC1Sc1ccccn1. The minimum Gasteiger partial charge on any atom is -0.309 e. The number of aryl methyl sites for hydroxylation is 1. The molecule has 3 rings (SSSR count). The topological polar surface area (TPSA) is 24.9 Å². The molecule has 110 valence electrons. The molecule has 1 aliphatic rings. The molecule has 0 saturated carbocycles. The lowest BCUT2D eigenvalue weighted by atomic mass is 9.99. The number of benzene rings is 1. The van der Waals surface area contributed by atoms with Crippen molar-refractivity contribution in [1.82, 2.24) is 10.3 Å². The van der Waals surface area contributed by atoms with Gasteiger partial charge in [0.15, 0.2) is 0 Å². The van der Waals surface area contributed by atoms with Gasteiger partial charge in [-0.1, -0.05) is 37.3 Å². The first-order valence-electron chi connectivity index (χ1n) is 7.77. The fourth-order valence-corrected chi connectivity index (χ4v) is 4.34. The van der Waals surface area contributed by atoms with Crippen LogP contribution in [0.1, 0.15) is 36.9 Å². The molecule has 2 unspecified atom stereocenters. The van der Waals surface area contributed by atoms with Gasteiger partial charge in [-0.2, -0.15) is 0 Å². The number of nitrogens with one attached hydrogen (secondary N) is 1. The van der Waals surface area contributed by atoms with Crippen LogP contribution in [0.4, 0.5) is 0 Å². The number of hydrogen-bond acceptors (Lipinski definition) is 3. The Morgan fingerprint density at radius 1 is 1.19 bits per heavy atom. The van der Waals surface area contributed by atoms with Gasteiger partial charge < -0.3 is 5.32 Å². The molecule has 0 spiro atoms. The van der Waals surface area contributed by atoms with E-state index in [0.717, 1.165) is 11.6 Å². The van der Waals surface area contributed by atoms with Crippen molar-refractivity contribution in [3.63, 3.8) is 0 Å². The highest BCUT2D eigenvalue weighted by molar-refractivity contribution is 7.99. The van der Waals surface area contributed by atoms with Crippen molar-refractivity contribution in [2.24, 2.45) is 0 Å². The van der Waals surface area contributed by atoms with E-state index >= 15 is 0 Å². The Balaban J connectivity index is 1.88. The van der Waals surface area contributed by atoms with E-state index in [4.69, 9.17) is 0 Å². The summed E-state index contributed by atoms with van der Waals surface area (Å²) in [6.07, 6.45) is 5.56. The average molecular weight is 298 g/mol. The van der Waals surface area contributed by atoms with Gasteiger partial charge in [0.05, 0.1) is 5.03 Å². The quantitative estimate of drug-likeness (QED) is 0.855. The van der Waals surface area contributed by atoms with Crippen molar-refractivity contribution in [2.75, 3.05) is 6.54 Å². The summed E-state index contributed by atoms with van der Waals surface area (Å²) in [5, 5.41) is 5.38. The van der Waals surface area contributed by atoms with E-state index in [-0.39, 0.29) is 0 Å². The molecule has 2 aromatic rings. The molecular formula is C18H22N2S. The molecule has 0 aliphatic heterocycles. The molecule has 0 amide bonds. The van der Waals surface area contributed by atoms with E-state index in [1.807, 2.05) is 24.0 Å². The van der Waals surface area contributed by atoms with E-state index in [2.05, 4.69) is 53.6 Å². The fourth-order valence-electron chi connectivity index (χ4n) is 3.09. The molecule has 1 aromatic heterocycles. The molecule has 1 heterocycles. The molecule has 0 radical (unpaired) electrons. The molecule has 2 nitrogen and oxygen atoms in total. The smallest absolute Gasteiger partial charge is 0.0963 e. The van der Waals surface area contributed by atoms with Crippen LogP contribution in [0, 0.1) is 0 Å². The summed E-state index contributed by atoms with van der Waals surface area (Å²) >= 11 is 1.92. The Hall–Kier alpha value is -1.32. The van der Waals surface area contributed by atoms with Crippen LogP contribution < -0.4 is 5.32 Å². The number of hydrogen-bond donors (Lipinski definition) is 1. The third-order valence-electron chi connectivity index (χ3n) is 4.03. The van der Waals surface area contributed by atoms with E-state index in [9.17, 15) is 0 Å². The second kappa shape index (κ2) is 7.10. The first kappa shape index (κ1) is 14.6. The molecule has 0 fully saturated rings. The Morgan fingerprint density at radius 2 is 2.05 bits per heavy atom. The minimum absolute atomic E-state index is 0.417. The summed E-state index contributed by atoms with van der Waals surface area (Å²) in [4.78, 5) is 4.49. The Kier molecular flexibility index (Phi) is 4.94. The predicted octanol–water partition coefficient (Wildman–Crippen LogP) is 4.23. The zero-order valence-corrected chi connectivity index (χ0v) is 13.3. The lowest BCUT2D eigenvalue weighted by molar-refractivity contribution is 0.516. The minimum atomic E-state index is 0.417. The van der Waals surface area contributed by atoms with Crippen LogP contribution >= 0.6 is 11.8 Å². The summed E-state index contributed by atoms with van der Waals surface area (Å²) < 4.78 is 0. The van der Waals surface area contributed by atoms with Crippen LogP contribution in [0.2, 0.25) is 0 Å². The van der Waals surface area contributed by atoms with Gasteiger partial charge >= 0.3 is 0 Å². The Labute approximate surface area is 131 Å². The van der Waals surface area contributed by atoms with Crippen LogP contribution in [0.3, 0.4) is 0 Å². The van der Waals surface area contributed by atoms with Crippen molar-refractivity contribution in [3.05, 3.63) is 59.8 Å². The third-order valence-corrected chi connectivity index (χ3v) is 5.32. The van der Waals surface area contributed by atoms with Gasteiger partial charge in [-0.15, -0.1) is 11.8 Å². The largest absolute Gasteiger partial charge is 0.309 e. The van der Waals surface area contributed by atoms with E-state index in [0.29, 0.717) is 11.3 Å². The van der Waals surface area contributed by atoms with Crippen LogP contribution in [0.5, 0.6) is 0 Å². The van der Waals surface area contributed by atoms with Gasteiger partial charge in [0, 0.05) is 17.5 Å². The molecule has 1 aliphatic carbocycles. The molecule has 0 saturated heterocycles. The van der Waals surface area contributed by atoms with Crippen LogP contribution in [-0.4, -0.2) is 16.8 Å². The van der Waals surface area contributed by atoms with Crippen molar-refractivity contribution >= 4 is 11.8 Å². The van der Waals surface area contributed by atoms with E-state index in [1.165, 1.54) is 30.4 Å². The van der Waals surface area contributed by atoms with E-state index < -0.39 is 0 Å². The van der Waals surface area contributed by atoms with Gasteiger partial charge in [-0.25, -0.2) is 4.98 Å². The Bertz CT molecular complexity index is 570. The van der Waals surface area contributed by atoms with E-state index in [1.54, 1.807) is 0 Å². The highest BCUT2D eigenvalue weighted by atomic mass is 32.2. The lowest BCUT2D eigenvalue weighted by Gasteiger charge is -2.26. The van der Waals surface area contributed by atoms with Crippen LogP contribution in [0.25, 0.3) is 0 Å². The molecule has 2 atom stereocenters. The summed E-state index contributed by atoms with van der Waals surface area (Å²) in [6.45, 7) is 3.19. The highest BCUT2D eigenvalue weighted by Crippen LogP contribution is 2.38. The molecular weight excluding hydrogens is 276 g/mol. The normalized spacial score (nSPS) is 21.6. The number of fused-ring (bicyclic) bond motifs is 1. The average Bonchev–Trinajstić information content (AvgIpc) is 2.69. The summed E-state index contributed by atoms with van der Waals surface area (Å²) in [5.41, 5.74) is 2.98. The zero-order valence-electron chi connectivity index (χ0n) is 12.5. The molecule has 3 heteroatoms. The summed E-state index contributed by atoms with van der Waals surface area (Å²) in [6, 6.07) is 15.5. The number of thioether (sulfide) groups is 1. The number of pyridine rings is 1. The first-order valence-corrected chi connectivity index (χ1v) is 8.65. The fraction of sp³-hybridized carbons (Fsp3) is 0.389. The van der Waals surface area contributed by atoms with Crippen LogP contribution in [0.15, 0.2) is 53.7 Å². The highest BCUT2D eigenvalue weighted by Gasteiger charge is 2.28. The van der Waals surface area contributed by atoms with Gasteiger partial charge in [-0.05, 0) is 49.1 Å². The maximum Gasteiger partial charge on any atom is 0.0963 e. The standard InChI is InChI=1S/C18H22N2S/c1-2-19-18-15-10-4-3-8-14(15)9-7-11-16(18)21-17-12-5-6-13-20-17/h3-6,8,10,12-13,16,18-19H,2,7,9,11H2,1H3. The van der Waals surface area contributed by atoms with Crippen LogP contribution in [-0.2, 0) is 6.42 Å². The number of rotatable bonds is 4. The van der Waals surface area contributed by atoms with Crippen molar-refractivity contribution in [1.29, 1.82) is 0 Å². The van der Waals surface area contributed by atoms with Gasteiger partial charge in [0.1, 0.15) is 0 Å². The molecule has 21 heavy (non-hydrogen) atoms. The number of nitrogens with zero attached hydrogens (tertiary/aromatic N) is 1. The van der Waals surface area contributed by atoms with Gasteiger partial charge in [0.25, 0.3) is 0 Å². The van der Waals surface area contributed by atoms with Crippen molar-refractivity contribution in [2.45, 2.75) is 42.5 Å². The third kappa shape index (κ3) is 3.47. The molecule has 0 bridgehead atoms. The Morgan fingerprint density at radius 3 is 2.86 bits per heavy atom. The number of aromatic nitrogens is 1. The summed E-state index contributed by atoms with van der Waals surface area (Å²) in [7, 11) is 0. The van der Waals surface area contributed by atoms with Gasteiger partial charge in [-0.3, -0.25) is 0 Å². The maximum absolute atomic E-state index is 4.49. The monoisotopic (exact) mass is 298 g/mol. The maximum atomic E-state index is 4.49. The van der Waals surface area contributed by atoms with Crippen molar-refractivity contribution < 1.29 is 0 Å². The predicted molar refractivity (Wildman–Crippen MR) is 89.7 cm³/mol. The second-order valence-electron chi connectivity index (χ2n) is 5.45. The molecule has 1 N–H and O–H groups in total. The lowest BCUT2D eigenvalue weighted by Crippen LogP contribution is -2.30. The second-order valence-corrected chi connectivity index (χ2v) is 6.71. The first-order chi connectivity index (χ1) is 10.4. The van der Waals surface area contributed by atoms with Gasteiger partial charge in [0.2, 0.25) is 0 Å². The molecule has 1 aromatic carbocycles.